The Balaban J connectivity index is 1.66. The van der Waals surface area contributed by atoms with E-state index in [0.29, 0.717) is 0 Å². The van der Waals surface area contributed by atoms with Crippen LogP contribution in [0.1, 0.15) is 12.5 Å². The van der Waals surface area contributed by atoms with Gasteiger partial charge in [-0.2, -0.15) is 10.2 Å². The highest BCUT2D eigenvalue weighted by Crippen LogP contribution is 2.31. The van der Waals surface area contributed by atoms with Gasteiger partial charge in [-0.3, -0.25) is 9.78 Å². The fourth-order valence-electron chi connectivity index (χ4n) is 3.48. The number of fused-ring (bicyclic) bond motifs is 2. The fraction of sp³-hybridized carbons (Fsp3) is 0.143. The molecule has 0 atom stereocenters. The number of nitrogens with zero attached hydrogens (tertiary/aromatic N) is 3. The Morgan fingerprint density at radius 1 is 1.00 bits per heavy atom. The zero-order valence-corrected chi connectivity index (χ0v) is 14.7. The molecule has 0 saturated heterocycles. The molecular formula is C21H19N5. The summed E-state index contributed by atoms with van der Waals surface area (Å²) >= 11 is 0. The molecular weight excluding hydrogens is 322 g/mol. The summed E-state index contributed by atoms with van der Waals surface area (Å²) in [6.07, 6.45) is 2.99. The van der Waals surface area contributed by atoms with Crippen LogP contribution in [0.4, 0.5) is 0 Å². The molecule has 0 saturated carbocycles. The van der Waals surface area contributed by atoms with Gasteiger partial charge in [0.05, 0.1) is 16.9 Å². The van der Waals surface area contributed by atoms with Gasteiger partial charge in [-0.1, -0.05) is 19.1 Å². The summed E-state index contributed by atoms with van der Waals surface area (Å²) in [4.78, 5) is 3.50. The van der Waals surface area contributed by atoms with Gasteiger partial charge in [-0.25, -0.2) is 0 Å². The van der Waals surface area contributed by atoms with Crippen molar-refractivity contribution in [1.82, 2.24) is 25.0 Å². The highest BCUT2D eigenvalue weighted by atomic mass is 15.2. The molecule has 0 aliphatic carbocycles. The molecule has 26 heavy (non-hydrogen) atoms. The zero-order chi connectivity index (χ0) is 17.7. The Morgan fingerprint density at radius 2 is 1.88 bits per heavy atom. The first-order chi connectivity index (χ1) is 12.7. The van der Waals surface area contributed by atoms with Crippen molar-refractivity contribution in [3.05, 3.63) is 60.3 Å². The quantitative estimate of drug-likeness (QED) is 0.501. The van der Waals surface area contributed by atoms with Crippen LogP contribution in [0.15, 0.2) is 54.7 Å². The van der Waals surface area contributed by atoms with Crippen LogP contribution in [0.25, 0.3) is 44.5 Å². The van der Waals surface area contributed by atoms with Crippen molar-refractivity contribution in [3.63, 3.8) is 0 Å². The normalized spacial score (nSPS) is 11.6. The summed E-state index contributed by atoms with van der Waals surface area (Å²) in [6.45, 7) is 2.18. The molecule has 5 rings (SSSR count). The Bertz CT molecular complexity index is 1240. The minimum Gasteiger partial charge on any atom is -0.353 e. The second-order valence-electron chi connectivity index (χ2n) is 6.67. The van der Waals surface area contributed by atoms with E-state index in [9.17, 15) is 0 Å². The fourth-order valence-corrected chi connectivity index (χ4v) is 3.48. The first-order valence-corrected chi connectivity index (χ1v) is 8.81. The monoisotopic (exact) mass is 341 g/mol. The number of aryl methyl sites for hydroxylation is 2. The predicted octanol–water partition coefficient (Wildman–Crippen LogP) is 4.67. The number of nitrogens with one attached hydrogen (secondary N) is 2. The summed E-state index contributed by atoms with van der Waals surface area (Å²) in [6, 6.07) is 17.0. The average molecular weight is 341 g/mol. The molecule has 5 aromatic rings. The smallest absolute Gasteiger partial charge is 0.116 e. The average Bonchev–Trinajstić information content (AvgIpc) is 3.37. The first-order valence-electron chi connectivity index (χ1n) is 8.81. The lowest BCUT2D eigenvalue weighted by Gasteiger charge is -1.99. The van der Waals surface area contributed by atoms with Gasteiger partial charge < -0.3 is 4.98 Å². The Labute approximate surface area is 150 Å². The van der Waals surface area contributed by atoms with Crippen LogP contribution in [0, 0.1) is 0 Å². The van der Waals surface area contributed by atoms with Crippen molar-refractivity contribution >= 4 is 21.8 Å². The van der Waals surface area contributed by atoms with Crippen molar-refractivity contribution < 1.29 is 0 Å². The highest BCUT2D eigenvalue weighted by molar-refractivity contribution is 5.97. The molecule has 5 heteroatoms. The molecule has 128 valence electrons. The van der Waals surface area contributed by atoms with E-state index < -0.39 is 0 Å². The van der Waals surface area contributed by atoms with Gasteiger partial charge in [-0.15, -0.1) is 0 Å². The van der Waals surface area contributed by atoms with Gasteiger partial charge in [0.25, 0.3) is 0 Å². The molecule has 3 aromatic heterocycles. The van der Waals surface area contributed by atoms with E-state index in [1.165, 1.54) is 10.9 Å². The maximum atomic E-state index is 4.56. The molecule has 0 spiro atoms. The third kappa shape index (κ3) is 2.32. The van der Waals surface area contributed by atoms with E-state index in [-0.39, 0.29) is 0 Å². The Morgan fingerprint density at radius 3 is 2.69 bits per heavy atom. The topological polar surface area (TPSA) is 62.3 Å². The van der Waals surface area contributed by atoms with Crippen LogP contribution in [-0.2, 0) is 13.5 Å². The lowest BCUT2D eigenvalue weighted by atomic mass is 10.1. The van der Waals surface area contributed by atoms with E-state index >= 15 is 0 Å². The van der Waals surface area contributed by atoms with Gasteiger partial charge in [0.15, 0.2) is 0 Å². The summed E-state index contributed by atoms with van der Waals surface area (Å²) in [5.74, 6) is 0. The van der Waals surface area contributed by atoms with Crippen LogP contribution in [0.3, 0.4) is 0 Å². The number of hydrogen-bond donors (Lipinski definition) is 2. The number of hydrogen-bond acceptors (Lipinski definition) is 2. The maximum Gasteiger partial charge on any atom is 0.116 e. The van der Waals surface area contributed by atoms with Crippen molar-refractivity contribution in [3.8, 4) is 22.6 Å². The predicted molar refractivity (Wildman–Crippen MR) is 105 cm³/mol. The van der Waals surface area contributed by atoms with Gasteiger partial charge in [0.2, 0.25) is 0 Å². The molecule has 0 aliphatic rings. The third-order valence-corrected chi connectivity index (χ3v) is 4.92. The lowest BCUT2D eigenvalue weighted by Crippen LogP contribution is -1.87. The Hall–Kier alpha value is -3.34. The molecule has 5 nitrogen and oxygen atoms in total. The second kappa shape index (κ2) is 5.59. The van der Waals surface area contributed by atoms with Crippen LogP contribution in [0.2, 0.25) is 0 Å². The van der Waals surface area contributed by atoms with Crippen molar-refractivity contribution in [2.75, 3.05) is 0 Å². The highest BCUT2D eigenvalue weighted by Gasteiger charge is 2.13. The minimum atomic E-state index is 0.937. The molecule has 3 heterocycles. The van der Waals surface area contributed by atoms with E-state index in [4.69, 9.17) is 0 Å². The van der Waals surface area contributed by atoms with Crippen molar-refractivity contribution in [2.24, 2.45) is 7.05 Å². The lowest BCUT2D eigenvalue weighted by molar-refractivity contribution is 0.771. The van der Waals surface area contributed by atoms with Crippen LogP contribution >= 0.6 is 0 Å². The van der Waals surface area contributed by atoms with E-state index in [0.717, 1.165) is 45.5 Å². The standard InChI is InChI=1S/C21H19N5/c1-3-13-4-6-17-15(10-13)12-20(22-17)21-16-11-14(5-7-19(16)23-24-21)18-8-9-26(2)25-18/h4-12,22H,3H2,1-2H3,(H,23,24). The maximum absolute atomic E-state index is 4.56. The van der Waals surface area contributed by atoms with Gasteiger partial charge in [0.1, 0.15) is 5.69 Å². The third-order valence-electron chi connectivity index (χ3n) is 4.92. The molecule has 2 aromatic carbocycles. The number of benzene rings is 2. The number of aromatic amines is 2. The second-order valence-corrected chi connectivity index (χ2v) is 6.67. The molecule has 0 bridgehead atoms. The molecule has 0 radical (unpaired) electrons. The molecule has 0 amide bonds. The zero-order valence-electron chi connectivity index (χ0n) is 14.7. The molecule has 0 unspecified atom stereocenters. The van der Waals surface area contributed by atoms with Crippen LogP contribution in [0.5, 0.6) is 0 Å². The van der Waals surface area contributed by atoms with Gasteiger partial charge in [0, 0.05) is 35.1 Å². The van der Waals surface area contributed by atoms with E-state index in [1.54, 1.807) is 0 Å². The number of rotatable bonds is 3. The number of H-pyrrole nitrogens is 2. The molecule has 2 N–H and O–H groups in total. The first kappa shape index (κ1) is 15.0. The van der Waals surface area contributed by atoms with E-state index in [1.807, 2.05) is 24.0 Å². The van der Waals surface area contributed by atoms with Gasteiger partial charge in [-0.05, 0) is 48.4 Å². The summed E-state index contributed by atoms with van der Waals surface area (Å²) in [7, 11) is 1.93. The summed E-state index contributed by atoms with van der Waals surface area (Å²) in [5, 5.41) is 14.5. The van der Waals surface area contributed by atoms with Crippen LogP contribution < -0.4 is 0 Å². The van der Waals surface area contributed by atoms with Crippen molar-refractivity contribution in [1.29, 1.82) is 0 Å². The number of aromatic nitrogens is 5. The Kier molecular flexibility index (Phi) is 3.22. The SMILES string of the molecule is CCc1ccc2[nH]c(-c3n[nH]c4ccc(-c5ccn(C)n5)cc34)cc2c1. The summed E-state index contributed by atoms with van der Waals surface area (Å²) in [5.41, 5.74) is 7.51. The largest absolute Gasteiger partial charge is 0.353 e. The van der Waals surface area contributed by atoms with E-state index in [2.05, 4.69) is 69.7 Å². The van der Waals surface area contributed by atoms with Crippen LogP contribution in [-0.4, -0.2) is 25.0 Å². The minimum absolute atomic E-state index is 0.937. The molecule has 0 aliphatic heterocycles. The molecule has 0 fully saturated rings. The summed E-state index contributed by atoms with van der Waals surface area (Å²) < 4.78 is 1.82. The van der Waals surface area contributed by atoms with Crippen molar-refractivity contribution in [2.45, 2.75) is 13.3 Å². The van der Waals surface area contributed by atoms with Gasteiger partial charge >= 0.3 is 0 Å².